The smallest absolute Gasteiger partial charge is 0.337 e. The fourth-order valence-electron chi connectivity index (χ4n) is 1.15. The molecule has 1 unspecified atom stereocenters. The monoisotopic (exact) mass is 308 g/mol. The van der Waals surface area contributed by atoms with Crippen LogP contribution >= 0.6 is 11.6 Å². The van der Waals surface area contributed by atoms with Gasteiger partial charge in [-0.15, -0.1) is 0 Å². The number of carboxylic acid groups (broad SMARTS) is 1. The van der Waals surface area contributed by atoms with E-state index in [1.165, 1.54) is 0 Å². The second-order valence-electron chi connectivity index (χ2n) is 4.13. The first-order valence-corrected chi connectivity index (χ1v) is 5.66. The molecule has 2 amide bonds. The Morgan fingerprint density at radius 2 is 2.00 bits per heavy atom. The molecule has 1 aromatic carbocycles. The molecule has 1 aromatic rings. The Bertz CT molecular complexity index is 528. The van der Waals surface area contributed by atoms with Gasteiger partial charge in [0, 0.05) is 6.07 Å². The third-order valence-electron chi connectivity index (χ3n) is 2.30. The van der Waals surface area contributed by atoms with Crippen LogP contribution in [0.2, 0.25) is 5.02 Å². The molecule has 4 N–H and O–H groups in total. The van der Waals surface area contributed by atoms with Gasteiger partial charge >= 0.3 is 12.0 Å². The van der Waals surface area contributed by atoms with Gasteiger partial charge in [-0.25, -0.2) is 18.4 Å². The van der Waals surface area contributed by atoms with E-state index in [0.29, 0.717) is 6.07 Å². The summed E-state index contributed by atoms with van der Waals surface area (Å²) >= 11 is 5.55. The van der Waals surface area contributed by atoms with Crippen molar-refractivity contribution in [2.24, 2.45) is 0 Å². The molecule has 0 spiro atoms. The van der Waals surface area contributed by atoms with Gasteiger partial charge in [0.15, 0.2) is 11.4 Å². The number of anilines is 1. The van der Waals surface area contributed by atoms with Gasteiger partial charge in [0.2, 0.25) is 0 Å². The molecule has 0 aliphatic carbocycles. The Balaban J connectivity index is 2.71. The lowest BCUT2D eigenvalue weighted by atomic mass is 10.1. The van der Waals surface area contributed by atoms with Gasteiger partial charge in [0.1, 0.15) is 5.82 Å². The number of carbonyl (C=O) groups is 2. The van der Waals surface area contributed by atoms with E-state index in [2.05, 4.69) is 0 Å². The van der Waals surface area contributed by atoms with Crippen LogP contribution in [0.4, 0.5) is 19.3 Å². The summed E-state index contributed by atoms with van der Waals surface area (Å²) in [6.07, 6.45) is 0. The lowest BCUT2D eigenvalue weighted by Gasteiger charge is -2.18. The molecular formula is C11H11ClF2N2O4. The van der Waals surface area contributed by atoms with Crippen molar-refractivity contribution < 1.29 is 28.6 Å². The summed E-state index contributed by atoms with van der Waals surface area (Å²) in [6, 6.07) is 0.321. The van der Waals surface area contributed by atoms with Crippen LogP contribution in [0.25, 0.3) is 0 Å². The van der Waals surface area contributed by atoms with E-state index < -0.39 is 41.5 Å². The SMILES string of the molecule is CC(O)(CNC(=O)Nc1c(F)cc(F)cc1Cl)C(=O)O. The van der Waals surface area contributed by atoms with Crippen LogP contribution in [0.15, 0.2) is 12.1 Å². The molecule has 1 atom stereocenters. The quantitative estimate of drug-likeness (QED) is 0.678. The lowest BCUT2D eigenvalue weighted by Crippen LogP contribution is -2.47. The maximum atomic E-state index is 13.4. The molecule has 0 saturated heterocycles. The second-order valence-corrected chi connectivity index (χ2v) is 4.54. The van der Waals surface area contributed by atoms with Crippen molar-refractivity contribution in [2.75, 3.05) is 11.9 Å². The van der Waals surface area contributed by atoms with Crippen LogP contribution in [0.1, 0.15) is 6.92 Å². The Morgan fingerprint density at radius 1 is 1.40 bits per heavy atom. The molecule has 0 bridgehead atoms. The van der Waals surface area contributed by atoms with Gasteiger partial charge < -0.3 is 20.8 Å². The molecule has 0 aliphatic heterocycles. The molecule has 0 radical (unpaired) electrons. The standard InChI is InChI=1S/C11H11ClF2N2O4/c1-11(20,9(17)18)4-15-10(19)16-8-6(12)2-5(13)3-7(8)14/h2-3,20H,4H2,1H3,(H,17,18)(H2,15,16,19). The van der Waals surface area contributed by atoms with Gasteiger partial charge in [0.25, 0.3) is 0 Å². The normalized spacial score (nSPS) is 13.4. The minimum absolute atomic E-state index is 0.359. The Morgan fingerprint density at radius 3 is 2.50 bits per heavy atom. The maximum Gasteiger partial charge on any atom is 0.337 e. The fraction of sp³-hybridized carbons (Fsp3) is 0.273. The summed E-state index contributed by atoms with van der Waals surface area (Å²) in [6.45, 7) is 0.357. The number of aliphatic hydroxyl groups is 1. The first kappa shape index (κ1) is 16.1. The highest BCUT2D eigenvalue weighted by atomic mass is 35.5. The zero-order valence-corrected chi connectivity index (χ0v) is 11.0. The lowest BCUT2D eigenvalue weighted by molar-refractivity contribution is -0.155. The van der Waals surface area contributed by atoms with Crippen molar-refractivity contribution in [3.05, 3.63) is 28.8 Å². The summed E-state index contributed by atoms with van der Waals surface area (Å²) in [7, 11) is 0. The number of nitrogens with one attached hydrogen (secondary N) is 2. The van der Waals surface area contributed by atoms with Gasteiger partial charge in [-0.1, -0.05) is 11.6 Å². The number of hydrogen-bond acceptors (Lipinski definition) is 3. The Labute approximate surface area is 117 Å². The first-order valence-electron chi connectivity index (χ1n) is 5.28. The van der Waals surface area contributed by atoms with E-state index in [9.17, 15) is 23.5 Å². The molecule has 0 saturated carbocycles. The van der Waals surface area contributed by atoms with Crippen LogP contribution in [0.5, 0.6) is 0 Å². The van der Waals surface area contributed by atoms with Gasteiger partial charge in [0.05, 0.1) is 17.3 Å². The van der Waals surface area contributed by atoms with Gasteiger partial charge in [-0.3, -0.25) is 0 Å². The summed E-state index contributed by atoms with van der Waals surface area (Å²) in [5, 5.41) is 21.6. The number of benzene rings is 1. The van der Waals surface area contributed by atoms with E-state index in [4.69, 9.17) is 16.7 Å². The molecular weight excluding hydrogens is 298 g/mol. The van der Waals surface area contributed by atoms with Crippen molar-refractivity contribution in [3.8, 4) is 0 Å². The van der Waals surface area contributed by atoms with Crippen molar-refractivity contribution in [1.29, 1.82) is 0 Å². The van der Waals surface area contributed by atoms with Crippen molar-refractivity contribution in [2.45, 2.75) is 12.5 Å². The van der Waals surface area contributed by atoms with Crippen LogP contribution in [-0.2, 0) is 4.79 Å². The summed E-state index contributed by atoms with van der Waals surface area (Å²) in [4.78, 5) is 22.0. The number of urea groups is 1. The third-order valence-corrected chi connectivity index (χ3v) is 2.60. The number of carboxylic acids is 1. The van der Waals surface area contributed by atoms with E-state index in [1.807, 2.05) is 10.6 Å². The number of hydrogen-bond donors (Lipinski definition) is 4. The third kappa shape index (κ3) is 4.04. The van der Waals surface area contributed by atoms with Crippen LogP contribution in [-0.4, -0.2) is 34.4 Å². The van der Waals surface area contributed by atoms with E-state index >= 15 is 0 Å². The predicted octanol–water partition coefficient (Wildman–Crippen LogP) is 1.58. The van der Waals surface area contributed by atoms with Gasteiger partial charge in [-0.2, -0.15) is 0 Å². The summed E-state index contributed by atoms with van der Waals surface area (Å²) in [5.74, 6) is -3.54. The number of halogens is 3. The number of amides is 2. The van der Waals surface area contributed by atoms with E-state index in [1.54, 1.807) is 0 Å². The predicted molar refractivity (Wildman–Crippen MR) is 66.6 cm³/mol. The molecule has 1 rings (SSSR count). The molecule has 110 valence electrons. The van der Waals surface area contributed by atoms with Crippen LogP contribution in [0.3, 0.4) is 0 Å². The van der Waals surface area contributed by atoms with Crippen LogP contribution < -0.4 is 10.6 Å². The molecule has 6 nitrogen and oxygen atoms in total. The summed E-state index contributed by atoms with van der Waals surface area (Å²) < 4.78 is 26.2. The summed E-state index contributed by atoms with van der Waals surface area (Å²) in [5.41, 5.74) is -2.64. The topological polar surface area (TPSA) is 98.7 Å². The van der Waals surface area contributed by atoms with Crippen LogP contribution in [0, 0.1) is 11.6 Å². The molecule has 0 aliphatic rings. The van der Waals surface area contributed by atoms with Crippen molar-refractivity contribution >= 4 is 29.3 Å². The highest BCUT2D eigenvalue weighted by molar-refractivity contribution is 6.33. The molecule has 0 aromatic heterocycles. The average Bonchev–Trinajstić information content (AvgIpc) is 2.31. The minimum atomic E-state index is -2.18. The van der Waals surface area contributed by atoms with Crippen molar-refractivity contribution in [1.82, 2.24) is 5.32 Å². The molecule has 0 heterocycles. The highest BCUT2D eigenvalue weighted by Gasteiger charge is 2.30. The average molecular weight is 309 g/mol. The zero-order chi connectivity index (χ0) is 15.5. The number of aliphatic carboxylic acids is 1. The largest absolute Gasteiger partial charge is 0.479 e. The highest BCUT2D eigenvalue weighted by Crippen LogP contribution is 2.26. The zero-order valence-electron chi connectivity index (χ0n) is 10.2. The van der Waals surface area contributed by atoms with Gasteiger partial charge in [-0.05, 0) is 13.0 Å². The number of rotatable bonds is 4. The van der Waals surface area contributed by atoms with E-state index in [0.717, 1.165) is 13.0 Å². The second kappa shape index (κ2) is 6.02. The van der Waals surface area contributed by atoms with Crippen molar-refractivity contribution in [3.63, 3.8) is 0 Å². The number of carbonyl (C=O) groups excluding carboxylic acids is 1. The van der Waals surface area contributed by atoms with E-state index in [-0.39, 0.29) is 5.02 Å². The molecule has 9 heteroatoms. The first-order chi connectivity index (χ1) is 9.13. The maximum absolute atomic E-state index is 13.4. The minimum Gasteiger partial charge on any atom is -0.479 e. The Kier molecular flexibility index (Phi) is 4.85. The fourth-order valence-corrected chi connectivity index (χ4v) is 1.39. The molecule has 20 heavy (non-hydrogen) atoms. The Hall–Kier alpha value is -1.93. The molecule has 0 fully saturated rings.